The van der Waals surface area contributed by atoms with Crippen molar-refractivity contribution in [3.63, 3.8) is 0 Å². The number of piperazine rings is 1. The van der Waals surface area contributed by atoms with Gasteiger partial charge in [0.2, 0.25) is 5.82 Å². The van der Waals surface area contributed by atoms with E-state index in [1.54, 1.807) is 4.90 Å². The highest BCUT2D eigenvalue weighted by atomic mass is 16.6. The summed E-state index contributed by atoms with van der Waals surface area (Å²) in [6.45, 7) is 17.5. The van der Waals surface area contributed by atoms with Gasteiger partial charge in [-0.2, -0.15) is 9.94 Å². The molecular formula is C53H69N13O9. The Morgan fingerprint density at radius 3 is 2.21 bits per heavy atom. The van der Waals surface area contributed by atoms with E-state index in [0.717, 1.165) is 56.8 Å². The smallest absolute Gasteiger partial charge is 0.295 e. The Morgan fingerprint density at radius 2 is 1.55 bits per heavy atom. The number of hydrogen-bond acceptors (Lipinski definition) is 16. The number of H-pyrrole nitrogens is 2. The lowest BCUT2D eigenvalue weighted by Gasteiger charge is -2.35. The minimum atomic E-state index is -0.729. The fourth-order valence-corrected chi connectivity index (χ4v) is 8.84. The van der Waals surface area contributed by atoms with E-state index in [-0.39, 0.29) is 48.5 Å². The SMILES string of the molecule is C=CC(C)COCCOCCOCCOCCN1CCN(CCCN(CCCNC(=O)c2ncn(-c3ncc(OC)c4c(C(=O)C(=O)N5CCC(=C(C#N)c6ccccc6)CC5)c[nH]c34)n2)C(=O)c2cnc[nH]2)CC1. The van der Waals surface area contributed by atoms with E-state index in [0.29, 0.717) is 113 Å². The number of methoxy groups -OCH3 is 1. The number of carbonyl (C=O) groups is 4. The molecule has 2 fully saturated rings. The number of nitrogens with zero attached hydrogens (tertiary/aromatic N) is 10. The first-order chi connectivity index (χ1) is 36.7. The summed E-state index contributed by atoms with van der Waals surface area (Å²) in [5, 5.41) is 17.5. The number of benzene rings is 1. The van der Waals surface area contributed by atoms with Crippen LogP contribution in [0.3, 0.4) is 0 Å². The molecule has 0 spiro atoms. The van der Waals surface area contributed by atoms with Crippen LogP contribution in [0.15, 0.2) is 79.8 Å². The quantitative estimate of drug-likeness (QED) is 0.0194. The maximum absolute atomic E-state index is 13.8. The second-order valence-electron chi connectivity index (χ2n) is 18.2. The number of fused-ring (bicyclic) bond motifs is 1. The van der Waals surface area contributed by atoms with Crippen LogP contribution in [0.1, 0.15) is 69.6 Å². The molecule has 2 saturated heterocycles. The normalized spacial score (nSPS) is 14.6. The predicted octanol–water partition coefficient (Wildman–Crippen LogP) is 3.82. The molecule has 5 aromatic rings. The van der Waals surface area contributed by atoms with Crippen LogP contribution in [-0.4, -0.2) is 210 Å². The van der Waals surface area contributed by atoms with E-state index >= 15 is 0 Å². The number of pyridine rings is 1. The Labute approximate surface area is 437 Å². The molecule has 6 heterocycles. The molecule has 2 aliphatic heterocycles. The van der Waals surface area contributed by atoms with Gasteiger partial charge in [-0.3, -0.25) is 24.1 Å². The molecule has 22 nitrogen and oxygen atoms in total. The molecule has 75 heavy (non-hydrogen) atoms. The lowest BCUT2D eigenvalue weighted by molar-refractivity contribution is -0.126. The van der Waals surface area contributed by atoms with Crippen molar-refractivity contribution in [3.05, 3.63) is 102 Å². The van der Waals surface area contributed by atoms with Crippen LogP contribution in [0.5, 0.6) is 5.75 Å². The molecule has 0 saturated carbocycles. The second-order valence-corrected chi connectivity index (χ2v) is 18.2. The third-order valence-corrected chi connectivity index (χ3v) is 13.1. The number of rotatable bonds is 30. The van der Waals surface area contributed by atoms with Crippen molar-refractivity contribution in [2.45, 2.75) is 32.6 Å². The number of Topliss-reactive ketones (excluding diaryl/α,β-unsaturated/α-hetero) is 1. The first kappa shape index (κ1) is 55.6. The number of carbonyl (C=O) groups excluding carboxylic acids is 4. The maximum Gasteiger partial charge on any atom is 0.295 e. The summed E-state index contributed by atoms with van der Waals surface area (Å²) in [6, 6.07) is 11.7. The molecule has 2 aliphatic rings. The first-order valence-electron chi connectivity index (χ1n) is 25.6. The van der Waals surface area contributed by atoms with Crippen LogP contribution in [0.2, 0.25) is 0 Å². The van der Waals surface area contributed by atoms with E-state index in [2.05, 4.69) is 64.7 Å². The number of aromatic nitrogens is 7. The summed E-state index contributed by atoms with van der Waals surface area (Å²) in [4.78, 5) is 81.1. The number of nitriles is 1. The maximum atomic E-state index is 13.8. The molecule has 0 aliphatic carbocycles. The van der Waals surface area contributed by atoms with Crippen LogP contribution >= 0.6 is 0 Å². The van der Waals surface area contributed by atoms with Crippen LogP contribution in [0, 0.1) is 17.2 Å². The average molecular weight is 1030 g/mol. The Morgan fingerprint density at radius 1 is 0.867 bits per heavy atom. The molecule has 3 N–H and O–H groups in total. The average Bonchev–Trinajstić information content (AvgIpc) is 4.27. The monoisotopic (exact) mass is 1030 g/mol. The van der Waals surface area contributed by atoms with Gasteiger partial charge >= 0.3 is 0 Å². The van der Waals surface area contributed by atoms with Crippen LogP contribution in [0.25, 0.3) is 22.3 Å². The summed E-state index contributed by atoms with van der Waals surface area (Å²) in [7, 11) is 1.44. The van der Waals surface area contributed by atoms with Gasteiger partial charge in [0, 0.05) is 71.6 Å². The fourth-order valence-electron chi connectivity index (χ4n) is 8.84. The Kier molecular flexibility index (Phi) is 21.6. The molecule has 3 amide bonds. The topological polar surface area (TPSA) is 251 Å². The molecule has 1 unspecified atom stereocenters. The van der Waals surface area contributed by atoms with E-state index < -0.39 is 17.6 Å². The van der Waals surface area contributed by atoms with Crippen molar-refractivity contribution < 1.29 is 42.9 Å². The summed E-state index contributed by atoms with van der Waals surface area (Å²) in [5.41, 5.74) is 3.21. The van der Waals surface area contributed by atoms with Crippen molar-refractivity contribution in [2.75, 3.05) is 132 Å². The molecule has 0 radical (unpaired) electrons. The molecule has 7 rings (SSSR count). The Hall–Kier alpha value is -7.13. The molecule has 0 bridgehead atoms. The molecule has 1 aromatic carbocycles. The number of aromatic amines is 2. The zero-order valence-electron chi connectivity index (χ0n) is 43.0. The molecule has 22 heteroatoms. The zero-order chi connectivity index (χ0) is 52.8. The second kappa shape index (κ2) is 29.1. The van der Waals surface area contributed by atoms with E-state index in [1.165, 1.54) is 47.9 Å². The van der Waals surface area contributed by atoms with E-state index in [1.807, 2.05) is 36.4 Å². The van der Waals surface area contributed by atoms with Gasteiger partial charge in [0.15, 0.2) is 5.82 Å². The van der Waals surface area contributed by atoms with Crippen molar-refractivity contribution >= 4 is 40.0 Å². The predicted molar refractivity (Wildman–Crippen MR) is 278 cm³/mol. The zero-order valence-corrected chi connectivity index (χ0v) is 43.0. The molecular weight excluding hydrogens is 963 g/mol. The Bertz CT molecular complexity index is 2700. The number of ether oxygens (including phenoxy) is 5. The summed E-state index contributed by atoms with van der Waals surface area (Å²) >= 11 is 0. The molecule has 1 atom stereocenters. The van der Waals surface area contributed by atoms with Crippen LogP contribution < -0.4 is 10.1 Å². The highest BCUT2D eigenvalue weighted by molar-refractivity contribution is 6.45. The van der Waals surface area contributed by atoms with Gasteiger partial charge in [0.05, 0.1) is 107 Å². The van der Waals surface area contributed by atoms with Gasteiger partial charge in [-0.05, 0) is 49.3 Å². The number of piperidine rings is 1. The largest absolute Gasteiger partial charge is 0.494 e. The number of imidazole rings is 1. The van der Waals surface area contributed by atoms with Crippen LogP contribution in [0.4, 0.5) is 0 Å². The van der Waals surface area contributed by atoms with Gasteiger partial charge in [-0.15, -0.1) is 11.7 Å². The highest BCUT2D eigenvalue weighted by Crippen LogP contribution is 2.33. The molecule has 4 aromatic heterocycles. The van der Waals surface area contributed by atoms with Crippen molar-refractivity contribution in [1.29, 1.82) is 5.26 Å². The van der Waals surface area contributed by atoms with E-state index in [4.69, 9.17) is 23.7 Å². The van der Waals surface area contributed by atoms with Crippen molar-refractivity contribution in [1.82, 2.24) is 59.6 Å². The number of allylic oxidation sites excluding steroid dienone is 1. The Balaban J connectivity index is 0.824. The third kappa shape index (κ3) is 15.7. The number of likely N-dealkylation sites (tertiary alicyclic amines) is 1. The standard InChI is InChI=1S/C53H69N13O9/c1-4-39(2)36-75-31-30-74-29-28-73-27-26-72-25-24-63-22-20-62(21-23-63)15-9-17-64(52(69)44-34-55-37-59-44)16-8-14-56-51(68)49-60-38-66(61-49)50-47-46(45(71-3)35-58-50)43(33-57-47)48(67)53(70)65-18-12-41(13-19-65)42(32-54)40-10-6-5-7-11-40/h4-7,10-11,33-35,37-39,57H,1,8-9,12-31,36H2,2-3H3,(H,55,59)(H,56,68). The van der Waals surface area contributed by atoms with Gasteiger partial charge in [-0.1, -0.05) is 43.3 Å². The van der Waals surface area contributed by atoms with Crippen LogP contribution in [-0.2, 0) is 23.7 Å². The van der Waals surface area contributed by atoms with Gasteiger partial charge in [0.1, 0.15) is 17.8 Å². The fraction of sp³-hybridized carbons (Fsp3) is 0.491. The van der Waals surface area contributed by atoms with Gasteiger partial charge in [0.25, 0.3) is 23.5 Å². The number of hydrogen-bond donors (Lipinski definition) is 3. The summed E-state index contributed by atoms with van der Waals surface area (Å²) in [5.74, 6) is -1.38. The third-order valence-electron chi connectivity index (χ3n) is 13.1. The summed E-state index contributed by atoms with van der Waals surface area (Å²) < 4.78 is 29.4. The number of nitrogens with one attached hydrogen (secondary N) is 3. The lowest BCUT2D eigenvalue weighted by atomic mass is 9.93. The lowest BCUT2D eigenvalue weighted by Crippen LogP contribution is -2.48. The number of amides is 3. The minimum Gasteiger partial charge on any atom is -0.494 e. The highest BCUT2D eigenvalue weighted by Gasteiger charge is 2.31. The summed E-state index contributed by atoms with van der Waals surface area (Å²) in [6.07, 6.45) is 11.2. The van der Waals surface area contributed by atoms with Gasteiger partial charge < -0.3 is 53.7 Å². The number of ketones is 1. The molecule has 400 valence electrons. The van der Waals surface area contributed by atoms with Crippen molar-refractivity contribution in [3.8, 4) is 17.6 Å². The van der Waals surface area contributed by atoms with Gasteiger partial charge in [-0.25, -0.2) is 15.0 Å². The minimum absolute atomic E-state index is 0.0946. The van der Waals surface area contributed by atoms with Crippen molar-refractivity contribution in [2.24, 2.45) is 5.92 Å². The first-order valence-corrected chi connectivity index (χ1v) is 25.6. The van der Waals surface area contributed by atoms with E-state index in [9.17, 15) is 24.4 Å².